The van der Waals surface area contributed by atoms with E-state index in [2.05, 4.69) is 18.8 Å². The van der Waals surface area contributed by atoms with E-state index in [9.17, 15) is 4.79 Å². The standard InChI is InChI=1S/C14H13N3O.C3H8/c1-10-7-8-11(9-15-10)17-13-6-4-3-5-12(13)16(2)14(17)18;1-3-2/h3-9H,1-2H3;3H2,1-2H3. The normalized spacial score (nSPS) is 10.3. The number of hydrogen-bond acceptors (Lipinski definition) is 2. The number of hydrogen-bond donors (Lipinski definition) is 0. The van der Waals surface area contributed by atoms with Gasteiger partial charge in [0.2, 0.25) is 0 Å². The van der Waals surface area contributed by atoms with Crippen LogP contribution in [0.5, 0.6) is 0 Å². The average Bonchev–Trinajstić information content (AvgIpc) is 2.74. The van der Waals surface area contributed by atoms with Crippen LogP contribution in [0, 0.1) is 6.92 Å². The molecule has 110 valence electrons. The van der Waals surface area contributed by atoms with Gasteiger partial charge in [0.1, 0.15) is 0 Å². The molecule has 0 bridgehead atoms. The third-order valence-corrected chi connectivity index (χ3v) is 3.12. The van der Waals surface area contributed by atoms with Crippen molar-refractivity contribution in [3.63, 3.8) is 0 Å². The second-order valence-corrected chi connectivity index (χ2v) is 5.03. The summed E-state index contributed by atoms with van der Waals surface area (Å²) in [4.78, 5) is 16.5. The van der Waals surface area contributed by atoms with Crippen molar-refractivity contribution in [2.45, 2.75) is 27.2 Å². The molecule has 3 aromatic rings. The van der Waals surface area contributed by atoms with Crippen molar-refractivity contribution < 1.29 is 0 Å². The number of aromatic nitrogens is 3. The van der Waals surface area contributed by atoms with E-state index in [1.807, 2.05) is 43.3 Å². The molecule has 0 N–H and O–H groups in total. The zero-order chi connectivity index (χ0) is 15.4. The van der Waals surface area contributed by atoms with E-state index >= 15 is 0 Å². The van der Waals surface area contributed by atoms with Crippen LogP contribution in [-0.2, 0) is 7.05 Å². The lowest BCUT2D eigenvalue weighted by Crippen LogP contribution is -2.20. The topological polar surface area (TPSA) is 39.8 Å². The van der Waals surface area contributed by atoms with Crippen LogP contribution in [0.25, 0.3) is 16.7 Å². The third kappa shape index (κ3) is 2.89. The van der Waals surface area contributed by atoms with E-state index in [0.717, 1.165) is 22.4 Å². The lowest BCUT2D eigenvalue weighted by Gasteiger charge is -2.02. The molecule has 0 aliphatic heterocycles. The summed E-state index contributed by atoms with van der Waals surface area (Å²) >= 11 is 0. The quantitative estimate of drug-likeness (QED) is 0.686. The lowest BCUT2D eigenvalue weighted by atomic mass is 10.3. The van der Waals surface area contributed by atoms with Crippen molar-refractivity contribution >= 4 is 11.0 Å². The molecule has 4 nitrogen and oxygen atoms in total. The van der Waals surface area contributed by atoms with Gasteiger partial charge in [0, 0.05) is 12.7 Å². The minimum Gasteiger partial charge on any atom is -0.295 e. The number of pyridine rings is 1. The first kappa shape index (κ1) is 15.0. The molecule has 2 heterocycles. The second kappa shape index (κ2) is 6.39. The molecule has 0 aliphatic rings. The summed E-state index contributed by atoms with van der Waals surface area (Å²) in [5.74, 6) is 0. The van der Waals surface area contributed by atoms with Crippen molar-refractivity contribution in [3.8, 4) is 5.69 Å². The van der Waals surface area contributed by atoms with Crippen LogP contribution in [0.3, 0.4) is 0 Å². The van der Waals surface area contributed by atoms with Gasteiger partial charge in [0.15, 0.2) is 0 Å². The summed E-state index contributed by atoms with van der Waals surface area (Å²) in [6.07, 6.45) is 2.98. The van der Waals surface area contributed by atoms with Crippen molar-refractivity contribution in [1.82, 2.24) is 14.1 Å². The maximum Gasteiger partial charge on any atom is 0.333 e. The van der Waals surface area contributed by atoms with Gasteiger partial charge in [-0.25, -0.2) is 4.79 Å². The van der Waals surface area contributed by atoms with Gasteiger partial charge in [0.05, 0.1) is 22.9 Å². The predicted molar refractivity (Wildman–Crippen MR) is 87.0 cm³/mol. The highest BCUT2D eigenvalue weighted by molar-refractivity contribution is 5.77. The van der Waals surface area contributed by atoms with Crippen LogP contribution in [-0.4, -0.2) is 14.1 Å². The fraction of sp³-hybridized carbons (Fsp3) is 0.294. The average molecular weight is 283 g/mol. The van der Waals surface area contributed by atoms with E-state index in [1.165, 1.54) is 6.42 Å². The Morgan fingerprint density at radius 1 is 1.05 bits per heavy atom. The van der Waals surface area contributed by atoms with Gasteiger partial charge in [0.25, 0.3) is 0 Å². The van der Waals surface area contributed by atoms with Crippen molar-refractivity contribution in [1.29, 1.82) is 0 Å². The molecule has 0 atom stereocenters. The Hall–Kier alpha value is -2.36. The van der Waals surface area contributed by atoms with E-state index in [1.54, 1.807) is 22.4 Å². The molecule has 2 aromatic heterocycles. The predicted octanol–water partition coefficient (Wildman–Crippen LogP) is 3.45. The van der Waals surface area contributed by atoms with Gasteiger partial charge in [-0.1, -0.05) is 32.4 Å². The first-order valence-electron chi connectivity index (χ1n) is 7.19. The van der Waals surface area contributed by atoms with E-state index < -0.39 is 0 Å². The summed E-state index contributed by atoms with van der Waals surface area (Å²) in [5.41, 5.74) is 3.50. The molecule has 0 saturated heterocycles. The molecule has 0 fully saturated rings. The Kier molecular flexibility index (Phi) is 4.58. The minimum absolute atomic E-state index is 0.0538. The number of nitrogens with zero attached hydrogens (tertiary/aromatic N) is 3. The summed E-state index contributed by atoms with van der Waals surface area (Å²) in [6.45, 7) is 6.18. The molecule has 0 saturated carbocycles. The Labute approximate surface area is 124 Å². The summed E-state index contributed by atoms with van der Waals surface area (Å²) in [5, 5.41) is 0. The molecule has 4 heteroatoms. The maximum absolute atomic E-state index is 12.3. The van der Waals surface area contributed by atoms with E-state index in [-0.39, 0.29) is 5.69 Å². The Balaban J connectivity index is 0.000000497. The first-order chi connectivity index (χ1) is 10.1. The molecule has 0 amide bonds. The highest BCUT2D eigenvalue weighted by atomic mass is 16.1. The SMILES string of the molecule is CCC.Cc1ccc(-n2c(=O)n(C)c3ccccc32)cn1. The maximum atomic E-state index is 12.3. The fourth-order valence-electron chi connectivity index (χ4n) is 2.13. The minimum atomic E-state index is -0.0538. The van der Waals surface area contributed by atoms with Gasteiger partial charge in [-0.3, -0.25) is 14.1 Å². The molecule has 21 heavy (non-hydrogen) atoms. The third-order valence-electron chi connectivity index (χ3n) is 3.12. The largest absolute Gasteiger partial charge is 0.333 e. The van der Waals surface area contributed by atoms with Crippen LogP contribution in [0.2, 0.25) is 0 Å². The van der Waals surface area contributed by atoms with Gasteiger partial charge >= 0.3 is 5.69 Å². The monoisotopic (exact) mass is 283 g/mol. The van der Waals surface area contributed by atoms with Crippen LogP contribution in [0.15, 0.2) is 47.4 Å². The van der Waals surface area contributed by atoms with Crippen molar-refractivity contribution in [2.75, 3.05) is 0 Å². The highest BCUT2D eigenvalue weighted by Gasteiger charge is 2.11. The zero-order valence-corrected chi connectivity index (χ0v) is 13.0. The summed E-state index contributed by atoms with van der Waals surface area (Å²) in [6, 6.07) is 11.6. The van der Waals surface area contributed by atoms with Gasteiger partial charge < -0.3 is 0 Å². The van der Waals surface area contributed by atoms with Gasteiger partial charge in [-0.2, -0.15) is 0 Å². The molecule has 1 aromatic carbocycles. The first-order valence-corrected chi connectivity index (χ1v) is 7.19. The van der Waals surface area contributed by atoms with E-state index in [4.69, 9.17) is 0 Å². The lowest BCUT2D eigenvalue weighted by molar-refractivity contribution is 0.843. The molecular weight excluding hydrogens is 262 g/mol. The van der Waals surface area contributed by atoms with Gasteiger partial charge in [-0.05, 0) is 31.2 Å². The second-order valence-electron chi connectivity index (χ2n) is 5.03. The van der Waals surface area contributed by atoms with Crippen molar-refractivity contribution in [3.05, 3.63) is 58.8 Å². The fourth-order valence-corrected chi connectivity index (χ4v) is 2.13. The molecule has 0 unspecified atom stereocenters. The highest BCUT2D eigenvalue weighted by Crippen LogP contribution is 2.16. The van der Waals surface area contributed by atoms with Crippen molar-refractivity contribution in [2.24, 2.45) is 7.05 Å². The Morgan fingerprint density at radius 3 is 2.24 bits per heavy atom. The molecule has 0 spiro atoms. The molecule has 3 rings (SSSR count). The number of rotatable bonds is 1. The number of fused-ring (bicyclic) bond motifs is 1. The summed E-state index contributed by atoms with van der Waals surface area (Å²) in [7, 11) is 1.78. The molecular formula is C17H21N3O. The Bertz CT molecular complexity index is 782. The molecule has 0 aliphatic carbocycles. The van der Waals surface area contributed by atoms with Crippen LogP contribution >= 0.6 is 0 Å². The van der Waals surface area contributed by atoms with E-state index in [0.29, 0.717) is 0 Å². The number of aryl methyl sites for hydroxylation is 2. The molecule has 0 radical (unpaired) electrons. The number of imidazole rings is 1. The number of para-hydroxylation sites is 2. The smallest absolute Gasteiger partial charge is 0.295 e. The van der Waals surface area contributed by atoms with Crippen LogP contribution < -0.4 is 5.69 Å². The Morgan fingerprint density at radius 2 is 1.67 bits per heavy atom. The van der Waals surface area contributed by atoms with Crippen LogP contribution in [0.4, 0.5) is 0 Å². The van der Waals surface area contributed by atoms with Gasteiger partial charge in [-0.15, -0.1) is 0 Å². The number of benzene rings is 1. The summed E-state index contributed by atoms with van der Waals surface area (Å²) < 4.78 is 3.33. The van der Waals surface area contributed by atoms with Crippen LogP contribution in [0.1, 0.15) is 26.0 Å². The zero-order valence-electron chi connectivity index (χ0n) is 13.0.